The molecule has 2 amide bonds. The number of aromatic nitrogens is 3. The zero-order valence-electron chi connectivity index (χ0n) is 15.5. The number of aromatic amines is 1. The molecule has 4 rings (SSSR count). The predicted octanol–water partition coefficient (Wildman–Crippen LogP) is 3.27. The number of urea groups is 1. The highest BCUT2D eigenvalue weighted by atomic mass is 19.1. The molecule has 1 aliphatic heterocycles. The molecule has 28 heavy (non-hydrogen) atoms. The van der Waals surface area contributed by atoms with Crippen molar-refractivity contribution in [2.75, 3.05) is 36.4 Å². The van der Waals surface area contributed by atoms with Gasteiger partial charge in [0.2, 0.25) is 0 Å². The van der Waals surface area contributed by atoms with Crippen molar-refractivity contribution >= 4 is 17.5 Å². The summed E-state index contributed by atoms with van der Waals surface area (Å²) in [6, 6.07) is 10.3. The molecule has 2 N–H and O–H groups in total. The molecule has 1 fully saturated rings. The number of amides is 2. The van der Waals surface area contributed by atoms with Gasteiger partial charge in [-0.3, -0.25) is 10.1 Å². The summed E-state index contributed by atoms with van der Waals surface area (Å²) in [6.07, 6.45) is 3.52. The van der Waals surface area contributed by atoms with Crippen molar-refractivity contribution < 1.29 is 9.18 Å². The molecule has 0 aliphatic carbocycles. The van der Waals surface area contributed by atoms with Crippen molar-refractivity contribution in [1.29, 1.82) is 0 Å². The molecule has 0 atom stereocenters. The number of aryl methyl sites for hydroxylation is 1. The third-order valence-electron chi connectivity index (χ3n) is 4.85. The van der Waals surface area contributed by atoms with Gasteiger partial charge in [-0.05, 0) is 36.8 Å². The van der Waals surface area contributed by atoms with Gasteiger partial charge in [0.25, 0.3) is 0 Å². The third kappa shape index (κ3) is 3.80. The first-order chi connectivity index (χ1) is 13.6. The van der Waals surface area contributed by atoms with E-state index in [0.717, 1.165) is 17.1 Å². The van der Waals surface area contributed by atoms with Crippen LogP contribution in [0.25, 0.3) is 11.3 Å². The standard InChI is InChI=1S/C20H21FN6O/c1-14-4-5-16(11-17(14)21)23-20(28)27-9-7-26(8-10-27)19-12-18(24-25-19)15-3-2-6-22-13-15/h2-6,11-13H,7-10H2,1H3,(H,23,28)(H,24,25). The Balaban J connectivity index is 1.35. The van der Waals surface area contributed by atoms with Crippen LogP contribution in [0, 0.1) is 12.7 Å². The van der Waals surface area contributed by atoms with Crippen LogP contribution in [-0.2, 0) is 0 Å². The first kappa shape index (κ1) is 18.0. The third-order valence-corrected chi connectivity index (χ3v) is 4.85. The molecule has 1 aromatic carbocycles. The van der Waals surface area contributed by atoms with Gasteiger partial charge in [0, 0.05) is 55.9 Å². The molecule has 1 aliphatic rings. The van der Waals surface area contributed by atoms with Gasteiger partial charge in [0.1, 0.15) is 5.82 Å². The minimum atomic E-state index is -0.328. The lowest BCUT2D eigenvalue weighted by molar-refractivity contribution is 0.208. The summed E-state index contributed by atoms with van der Waals surface area (Å²) in [7, 11) is 0. The van der Waals surface area contributed by atoms with E-state index in [1.54, 1.807) is 36.4 Å². The Bertz CT molecular complexity index is 966. The molecule has 0 saturated carbocycles. The van der Waals surface area contributed by atoms with Crippen molar-refractivity contribution in [1.82, 2.24) is 20.1 Å². The molecule has 144 valence electrons. The first-order valence-electron chi connectivity index (χ1n) is 9.13. The maximum Gasteiger partial charge on any atom is 0.321 e. The topological polar surface area (TPSA) is 77.2 Å². The molecule has 8 heteroatoms. The molecule has 1 saturated heterocycles. The molecule has 2 aromatic heterocycles. The van der Waals surface area contributed by atoms with E-state index in [1.165, 1.54) is 6.07 Å². The molecular weight excluding hydrogens is 359 g/mol. The number of nitrogens with one attached hydrogen (secondary N) is 2. The van der Waals surface area contributed by atoms with E-state index < -0.39 is 0 Å². The number of H-pyrrole nitrogens is 1. The summed E-state index contributed by atoms with van der Waals surface area (Å²) in [6.45, 7) is 4.17. The van der Waals surface area contributed by atoms with E-state index in [0.29, 0.717) is 37.4 Å². The number of anilines is 2. The van der Waals surface area contributed by atoms with E-state index in [-0.39, 0.29) is 11.8 Å². The van der Waals surface area contributed by atoms with Gasteiger partial charge >= 0.3 is 6.03 Å². The van der Waals surface area contributed by atoms with E-state index >= 15 is 0 Å². The number of benzene rings is 1. The fraction of sp³-hybridized carbons (Fsp3) is 0.250. The van der Waals surface area contributed by atoms with Crippen LogP contribution < -0.4 is 10.2 Å². The highest BCUT2D eigenvalue weighted by molar-refractivity contribution is 5.89. The van der Waals surface area contributed by atoms with Gasteiger partial charge in [0.15, 0.2) is 5.82 Å². The number of nitrogens with zero attached hydrogens (tertiary/aromatic N) is 4. The van der Waals surface area contributed by atoms with Crippen LogP contribution in [0.15, 0.2) is 48.8 Å². The van der Waals surface area contributed by atoms with Crippen LogP contribution in [0.5, 0.6) is 0 Å². The summed E-state index contributed by atoms with van der Waals surface area (Å²) in [5, 5.41) is 10.2. The highest BCUT2D eigenvalue weighted by Gasteiger charge is 2.23. The van der Waals surface area contributed by atoms with E-state index in [1.807, 2.05) is 18.2 Å². The van der Waals surface area contributed by atoms with Gasteiger partial charge in [0.05, 0.1) is 5.69 Å². The molecule has 0 radical (unpaired) electrons. The van der Waals surface area contributed by atoms with Crippen LogP contribution in [0.1, 0.15) is 5.56 Å². The smallest absolute Gasteiger partial charge is 0.321 e. The fourth-order valence-corrected chi connectivity index (χ4v) is 3.15. The lowest BCUT2D eigenvalue weighted by Gasteiger charge is -2.34. The average Bonchev–Trinajstić information content (AvgIpc) is 3.22. The zero-order valence-corrected chi connectivity index (χ0v) is 15.5. The molecule has 7 nitrogen and oxygen atoms in total. The second-order valence-corrected chi connectivity index (χ2v) is 6.75. The number of carbonyl (C=O) groups is 1. The van der Waals surface area contributed by atoms with Crippen molar-refractivity contribution in [3.8, 4) is 11.3 Å². The Hall–Kier alpha value is -3.42. The van der Waals surface area contributed by atoms with E-state index in [2.05, 4.69) is 25.4 Å². The summed E-state index contributed by atoms with van der Waals surface area (Å²) in [5.41, 5.74) is 2.90. The van der Waals surface area contributed by atoms with E-state index in [9.17, 15) is 9.18 Å². The number of hydrogen-bond donors (Lipinski definition) is 2. The summed E-state index contributed by atoms with van der Waals surface area (Å²) in [4.78, 5) is 20.4. The monoisotopic (exact) mass is 380 g/mol. The van der Waals surface area contributed by atoms with Crippen LogP contribution in [-0.4, -0.2) is 52.3 Å². The SMILES string of the molecule is Cc1ccc(NC(=O)N2CCN(c3cc(-c4cccnc4)[nH]n3)CC2)cc1F. The van der Waals surface area contributed by atoms with Gasteiger partial charge in [-0.1, -0.05) is 6.07 Å². The summed E-state index contributed by atoms with van der Waals surface area (Å²) < 4.78 is 13.7. The zero-order chi connectivity index (χ0) is 19.5. The molecule has 3 aromatic rings. The quantitative estimate of drug-likeness (QED) is 0.731. The van der Waals surface area contributed by atoms with Crippen molar-refractivity contribution in [3.05, 3.63) is 60.2 Å². The number of rotatable bonds is 3. The van der Waals surface area contributed by atoms with Gasteiger partial charge in [-0.2, -0.15) is 5.10 Å². The first-order valence-corrected chi connectivity index (χ1v) is 9.13. The Morgan fingerprint density at radius 1 is 1.18 bits per heavy atom. The molecule has 0 spiro atoms. The van der Waals surface area contributed by atoms with Gasteiger partial charge in [-0.25, -0.2) is 9.18 Å². The maximum absolute atomic E-state index is 13.7. The summed E-state index contributed by atoms with van der Waals surface area (Å²) in [5.74, 6) is 0.519. The number of piperazine rings is 1. The summed E-state index contributed by atoms with van der Waals surface area (Å²) >= 11 is 0. The second-order valence-electron chi connectivity index (χ2n) is 6.75. The Morgan fingerprint density at radius 2 is 2.00 bits per heavy atom. The minimum Gasteiger partial charge on any atom is -0.352 e. The average molecular weight is 380 g/mol. The Kier molecular flexibility index (Phi) is 4.92. The fourth-order valence-electron chi connectivity index (χ4n) is 3.15. The largest absolute Gasteiger partial charge is 0.352 e. The number of hydrogen-bond acceptors (Lipinski definition) is 4. The van der Waals surface area contributed by atoms with Gasteiger partial charge < -0.3 is 15.1 Å². The molecule has 0 unspecified atom stereocenters. The number of pyridine rings is 1. The lowest BCUT2D eigenvalue weighted by atomic mass is 10.2. The highest BCUT2D eigenvalue weighted by Crippen LogP contribution is 2.22. The lowest BCUT2D eigenvalue weighted by Crippen LogP contribution is -2.50. The molecule has 3 heterocycles. The van der Waals surface area contributed by atoms with Crippen LogP contribution >= 0.6 is 0 Å². The Morgan fingerprint density at radius 3 is 2.71 bits per heavy atom. The van der Waals surface area contributed by atoms with Crippen LogP contribution in [0.4, 0.5) is 20.7 Å². The van der Waals surface area contributed by atoms with Crippen LogP contribution in [0.3, 0.4) is 0 Å². The predicted molar refractivity (Wildman–Crippen MR) is 106 cm³/mol. The minimum absolute atomic E-state index is 0.221. The number of halogens is 1. The Labute approximate surface area is 162 Å². The van der Waals surface area contributed by atoms with Gasteiger partial charge in [-0.15, -0.1) is 0 Å². The maximum atomic E-state index is 13.7. The second kappa shape index (κ2) is 7.67. The van der Waals surface area contributed by atoms with Crippen molar-refractivity contribution in [2.24, 2.45) is 0 Å². The van der Waals surface area contributed by atoms with Crippen molar-refractivity contribution in [3.63, 3.8) is 0 Å². The van der Waals surface area contributed by atoms with Crippen molar-refractivity contribution in [2.45, 2.75) is 6.92 Å². The number of carbonyl (C=O) groups excluding carboxylic acids is 1. The normalized spacial score (nSPS) is 14.2. The molecular formula is C20H21FN6O. The molecule has 0 bridgehead atoms. The van der Waals surface area contributed by atoms with Crippen LogP contribution in [0.2, 0.25) is 0 Å². The van der Waals surface area contributed by atoms with E-state index in [4.69, 9.17) is 0 Å².